The molecule has 25 heavy (non-hydrogen) atoms. The van der Waals surface area contributed by atoms with Gasteiger partial charge < -0.3 is 9.42 Å². The lowest BCUT2D eigenvalue weighted by Crippen LogP contribution is -2.29. The highest BCUT2D eigenvalue weighted by molar-refractivity contribution is 6.30. The van der Waals surface area contributed by atoms with Crippen LogP contribution in [-0.2, 0) is 17.6 Å². The van der Waals surface area contributed by atoms with Crippen LogP contribution in [0.1, 0.15) is 17.9 Å². The molecule has 0 saturated carbocycles. The highest BCUT2D eigenvalue weighted by Crippen LogP contribution is 2.28. The maximum absolute atomic E-state index is 12.5. The molecule has 0 N–H and O–H groups in total. The summed E-state index contributed by atoms with van der Waals surface area (Å²) in [4.78, 5) is 18.7. The third-order valence-electron chi connectivity index (χ3n) is 4.29. The number of para-hydroxylation sites is 1. The number of fused-ring (bicyclic) bond motifs is 1. The maximum Gasteiger partial charge on any atom is 0.227 e. The largest absolute Gasteiger partial charge is 0.339 e. The van der Waals surface area contributed by atoms with Gasteiger partial charge in [-0.05, 0) is 30.2 Å². The quantitative estimate of drug-likeness (QED) is 0.713. The number of hydrogen-bond donors (Lipinski definition) is 0. The Morgan fingerprint density at radius 3 is 2.96 bits per heavy atom. The summed E-state index contributed by atoms with van der Waals surface area (Å²) in [5.41, 5.74) is 3.02. The molecule has 2 heterocycles. The van der Waals surface area contributed by atoms with Gasteiger partial charge in [-0.2, -0.15) is 4.98 Å². The van der Waals surface area contributed by atoms with Crippen LogP contribution in [0.4, 0.5) is 5.69 Å². The number of carbonyl (C=O) groups is 1. The van der Waals surface area contributed by atoms with E-state index in [0.717, 1.165) is 24.2 Å². The zero-order chi connectivity index (χ0) is 17.2. The van der Waals surface area contributed by atoms with Crippen molar-refractivity contribution in [1.82, 2.24) is 10.1 Å². The van der Waals surface area contributed by atoms with Crippen molar-refractivity contribution in [3.05, 3.63) is 65.0 Å². The lowest BCUT2D eigenvalue weighted by Gasteiger charge is -2.16. The van der Waals surface area contributed by atoms with Crippen LogP contribution in [0.25, 0.3) is 11.4 Å². The third-order valence-corrected chi connectivity index (χ3v) is 4.53. The van der Waals surface area contributed by atoms with E-state index in [-0.39, 0.29) is 5.91 Å². The van der Waals surface area contributed by atoms with Crippen molar-refractivity contribution in [2.75, 3.05) is 11.4 Å². The number of aromatic nitrogens is 2. The Bertz CT molecular complexity index is 922. The van der Waals surface area contributed by atoms with Gasteiger partial charge in [0, 0.05) is 35.7 Å². The normalized spacial score (nSPS) is 13.1. The molecule has 0 atom stereocenters. The number of benzene rings is 2. The average Bonchev–Trinajstić information content (AvgIpc) is 3.27. The molecule has 3 aromatic rings. The number of amides is 1. The van der Waals surface area contributed by atoms with E-state index >= 15 is 0 Å². The molecule has 1 amide bonds. The summed E-state index contributed by atoms with van der Waals surface area (Å²) >= 11 is 5.98. The van der Waals surface area contributed by atoms with Crippen molar-refractivity contribution in [3.63, 3.8) is 0 Å². The second-order valence-corrected chi connectivity index (χ2v) is 6.38. The van der Waals surface area contributed by atoms with E-state index < -0.39 is 0 Å². The van der Waals surface area contributed by atoms with E-state index in [1.807, 2.05) is 35.2 Å². The minimum Gasteiger partial charge on any atom is -0.339 e. The lowest BCUT2D eigenvalue weighted by atomic mass is 10.2. The maximum atomic E-state index is 12.5. The zero-order valence-electron chi connectivity index (χ0n) is 13.5. The van der Waals surface area contributed by atoms with Crippen molar-refractivity contribution in [1.29, 1.82) is 0 Å². The molecule has 2 aromatic carbocycles. The van der Waals surface area contributed by atoms with Gasteiger partial charge in [-0.15, -0.1) is 0 Å². The highest BCUT2D eigenvalue weighted by Gasteiger charge is 2.24. The van der Waals surface area contributed by atoms with Crippen LogP contribution in [0.15, 0.2) is 53.1 Å². The van der Waals surface area contributed by atoms with Crippen molar-refractivity contribution >= 4 is 23.2 Å². The van der Waals surface area contributed by atoms with Gasteiger partial charge in [0.15, 0.2) is 0 Å². The van der Waals surface area contributed by atoms with Gasteiger partial charge in [0.1, 0.15) is 0 Å². The van der Waals surface area contributed by atoms with E-state index in [2.05, 4.69) is 16.2 Å². The standard InChI is InChI=1S/C19H16ClN3O2/c20-15-6-3-5-14(12-15)19-21-17(25-22-19)8-9-18(24)23-11-10-13-4-1-2-7-16(13)23/h1-7,12H,8-11H2. The predicted molar refractivity (Wildman–Crippen MR) is 95.6 cm³/mol. The van der Waals surface area contributed by atoms with Crippen LogP contribution in [0.2, 0.25) is 5.02 Å². The fourth-order valence-electron chi connectivity index (χ4n) is 3.05. The first-order valence-electron chi connectivity index (χ1n) is 8.17. The molecule has 5 nitrogen and oxygen atoms in total. The summed E-state index contributed by atoms with van der Waals surface area (Å²) in [6, 6.07) is 15.3. The van der Waals surface area contributed by atoms with Crippen LogP contribution in [-0.4, -0.2) is 22.6 Å². The summed E-state index contributed by atoms with van der Waals surface area (Å²) in [6.07, 6.45) is 1.66. The molecule has 1 aromatic heterocycles. The van der Waals surface area contributed by atoms with E-state index in [0.29, 0.717) is 29.6 Å². The molecule has 0 saturated heterocycles. The minimum atomic E-state index is 0.0763. The third kappa shape index (κ3) is 3.28. The number of hydrogen-bond acceptors (Lipinski definition) is 4. The van der Waals surface area contributed by atoms with Crippen LogP contribution in [0.3, 0.4) is 0 Å². The van der Waals surface area contributed by atoms with Gasteiger partial charge in [0.25, 0.3) is 0 Å². The molecule has 0 bridgehead atoms. The first kappa shape index (κ1) is 15.8. The first-order chi connectivity index (χ1) is 12.2. The molecule has 0 unspecified atom stereocenters. The molecule has 4 rings (SSSR count). The summed E-state index contributed by atoms with van der Waals surface area (Å²) in [7, 11) is 0. The molecule has 0 radical (unpaired) electrons. The van der Waals surface area contributed by atoms with E-state index in [4.69, 9.17) is 16.1 Å². The number of halogens is 1. The molecule has 0 aliphatic carbocycles. The van der Waals surface area contributed by atoms with Gasteiger partial charge in [-0.3, -0.25) is 4.79 Å². The number of anilines is 1. The average molecular weight is 354 g/mol. The Labute approximate surface area is 150 Å². The predicted octanol–water partition coefficient (Wildman–Crippen LogP) is 3.91. The van der Waals surface area contributed by atoms with Crippen LogP contribution >= 0.6 is 11.6 Å². The molecular formula is C19H16ClN3O2. The molecule has 126 valence electrons. The number of carbonyl (C=O) groups excluding carboxylic acids is 1. The molecular weight excluding hydrogens is 338 g/mol. The SMILES string of the molecule is O=C(CCc1nc(-c2cccc(Cl)c2)no1)N1CCc2ccccc21. The molecule has 1 aliphatic rings. The smallest absolute Gasteiger partial charge is 0.227 e. The van der Waals surface area contributed by atoms with Crippen LogP contribution in [0, 0.1) is 0 Å². The minimum absolute atomic E-state index is 0.0763. The lowest BCUT2D eigenvalue weighted by molar-refractivity contribution is -0.118. The Morgan fingerprint density at radius 1 is 1.20 bits per heavy atom. The summed E-state index contributed by atoms with van der Waals surface area (Å²) in [5, 5.41) is 4.59. The van der Waals surface area contributed by atoms with Gasteiger partial charge >= 0.3 is 0 Å². The van der Waals surface area contributed by atoms with E-state index in [1.54, 1.807) is 12.1 Å². The van der Waals surface area contributed by atoms with Gasteiger partial charge in [0.05, 0.1) is 0 Å². The number of rotatable bonds is 4. The highest BCUT2D eigenvalue weighted by atomic mass is 35.5. The number of aryl methyl sites for hydroxylation is 1. The molecule has 1 aliphatic heterocycles. The van der Waals surface area contributed by atoms with Gasteiger partial charge in [-0.1, -0.05) is 47.1 Å². The fraction of sp³-hybridized carbons (Fsp3) is 0.211. The first-order valence-corrected chi connectivity index (χ1v) is 8.55. The molecule has 0 spiro atoms. The summed E-state index contributed by atoms with van der Waals surface area (Å²) in [5.74, 6) is 1.01. The fourth-order valence-corrected chi connectivity index (χ4v) is 3.24. The second kappa shape index (κ2) is 6.69. The Morgan fingerprint density at radius 2 is 2.08 bits per heavy atom. The summed E-state index contributed by atoms with van der Waals surface area (Å²) < 4.78 is 5.27. The van der Waals surface area contributed by atoms with E-state index in [9.17, 15) is 4.79 Å². The van der Waals surface area contributed by atoms with Crippen molar-refractivity contribution in [3.8, 4) is 11.4 Å². The summed E-state index contributed by atoms with van der Waals surface area (Å²) in [6.45, 7) is 0.732. The van der Waals surface area contributed by atoms with Crippen LogP contribution in [0.5, 0.6) is 0 Å². The second-order valence-electron chi connectivity index (χ2n) is 5.95. The van der Waals surface area contributed by atoms with Gasteiger partial charge in [-0.25, -0.2) is 0 Å². The Kier molecular flexibility index (Phi) is 4.24. The molecule has 0 fully saturated rings. The zero-order valence-corrected chi connectivity index (χ0v) is 14.2. The van der Waals surface area contributed by atoms with Gasteiger partial charge in [0.2, 0.25) is 17.6 Å². The van der Waals surface area contributed by atoms with Crippen molar-refractivity contribution in [2.45, 2.75) is 19.3 Å². The molecule has 6 heteroatoms. The Balaban J connectivity index is 1.42. The van der Waals surface area contributed by atoms with Crippen molar-refractivity contribution < 1.29 is 9.32 Å². The Hall–Kier alpha value is -2.66. The number of nitrogens with zero attached hydrogens (tertiary/aromatic N) is 3. The van der Waals surface area contributed by atoms with E-state index in [1.165, 1.54) is 5.56 Å². The topological polar surface area (TPSA) is 59.2 Å². The van der Waals surface area contributed by atoms with Crippen LogP contribution < -0.4 is 4.90 Å². The monoisotopic (exact) mass is 353 g/mol. The van der Waals surface area contributed by atoms with Crippen molar-refractivity contribution in [2.24, 2.45) is 0 Å².